The van der Waals surface area contributed by atoms with Gasteiger partial charge < -0.3 is 5.32 Å². The summed E-state index contributed by atoms with van der Waals surface area (Å²) < 4.78 is 0.937. The van der Waals surface area contributed by atoms with Crippen LogP contribution in [0.4, 0.5) is 5.82 Å². The van der Waals surface area contributed by atoms with Crippen LogP contribution in [0, 0.1) is 3.57 Å². The van der Waals surface area contributed by atoms with Crippen molar-refractivity contribution in [1.82, 2.24) is 4.98 Å². The van der Waals surface area contributed by atoms with Gasteiger partial charge in [0.1, 0.15) is 5.82 Å². The first-order valence-corrected chi connectivity index (χ1v) is 3.73. The molecule has 0 aliphatic rings. The maximum absolute atomic E-state index is 9.97. The molecule has 0 aromatic carbocycles. The molecule has 0 unspecified atom stereocenters. The molecule has 0 fully saturated rings. The smallest absolute Gasteiger partial charge is 0.212 e. The molecule has 1 aromatic heterocycles. The van der Waals surface area contributed by atoms with Gasteiger partial charge in [0.2, 0.25) is 6.41 Å². The zero-order valence-corrected chi connectivity index (χ0v) is 7.20. The van der Waals surface area contributed by atoms with Crippen LogP contribution in [0.2, 0.25) is 0 Å². The van der Waals surface area contributed by atoms with Gasteiger partial charge in [-0.1, -0.05) is 0 Å². The fourth-order valence-electron chi connectivity index (χ4n) is 0.548. The highest BCUT2D eigenvalue weighted by Crippen LogP contribution is 2.11. The van der Waals surface area contributed by atoms with Crippen molar-refractivity contribution in [1.29, 1.82) is 0 Å². The van der Waals surface area contributed by atoms with Gasteiger partial charge in [0.15, 0.2) is 0 Å². The minimum atomic E-state index is 0.609. The Labute approximate surface area is 72.0 Å². The molecule has 0 saturated carbocycles. The fraction of sp³-hybridized carbons (Fsp3) is 0. The minimum Gasteiger partial charge on any atom is -0.312 e. The Morgan fingerprint density at radius 3 is 3.10 bits per heavy atom. The van der Waals surface area contributed by atoms with Gasteiger partial charge in [-0.05, 0) is 34.7 Å². The first kappa shape index (κ1) is 7.46. The first-order chi connectivity index (χ1) is 4.84. The van der Waals surface area contributed by atoms with Crippen molar-refractivity contribution in [2.45, 2.75) is 0 Å². The largest absolute Gasteiger partial charge is 0.312 e. The maximum Gasteiger partial charge on any atom is 0.212 e. The molecule has 1 N–H and O–H groups in total. The highest BCUT2D eigenvalue weighted by atomic mass is 127. The lowest BCUT2D eigenvalue weighted by atomic mass is 10.5. The van der Waals surface area contributed by atoms with Gasteiger partial charge in [-0.25, -0.2) is 4.98 Å². The molecule has 1 aromatic rings. The fourth-order valence-corrected chi connectivity index (χ4v) is 1.05. The quantitative estimate of drug-likeness (QED) is 0.632. The number of anilines is 1. The van der Waals surface area contributed by atoms with E-state index >= 15 is 0 Å². The van der Waals surface area contributed by atoms with E-state index in [2.05, 4.69) is 32.9 Å². The zero-order valence-electron chi connectivity index (χ0n) is 5.04. The Hall–Kier alpha value is -0.650. The lowest BCUT2D eigenvalue weighted by molar-refractivity contribution is -0.105. The van der Waals surface area contributed by atoms with Crippen molar-refractivity contribution in [3.05, 3.63) is 21.9 Å². The molecule has 0 aliphatic carbocycles. The highest BCUT2D eigenvalue weighted by Gasteiger charge is 1.94. The number of nitrogens with one attached hydrogen (secondary N) is 1. The van der Waals surface area contributed by atoms with Gasteiger partial charge in [0.25, 0.3) is 0 Å². The maximum atomic E-state index is 9.97. The number of amides is 1. The summed E-state index contributed by atoms with van der Waals surface area (Å²) in [5.74, 6) is 0.609. The summed E-state index contributed by atoms with van der Waals surface area (Å²) in [6.07, 6.45) is 2.25. The second kappa shape index (κ2) is 3.50. The molecule has 0 atom stereocenters. The predicted octanol–water partition coefficient (Wildman–Crippen LogP) is 1.25. The Balaban J connectivity index is 2.91. The van der Waals surface area contributed by atoms with E-state index in [1.165, 1.54) is 0 Å². The van der Waals surface area contributed by atoms with Gasteiger partial charge in [-0.3, -0.25) is 4.79 Å². The molecule has 1 rings (SSSR count). The average molecular weight is 248 g/mol. The van der Waals surface area contributed by atoms with E-state index in [9.17, 15) is 4.79 Å². The van der Waals surface area contributed by atoms with Crippen LogP contribution in [0.25, 0.3) is 0 Å². The number of carbonyl (C=O) groups excluding carboxylic acids is 1. The number of hydrogen-bond donors (Lipinski definition) is 1. The van der Waals surface area contributed by atoms with Crippen LogP contribution in [-0.2, 0) is 4.79 Å². The summed E-state index contributed by atoms with van der Waals surface area (Å²) >= 11 is 2.10. The second-order valence-electron chi connectivity index (χ2n) is 1.60. The van der Waals surface area contributed by atoms with Gasteiger partial charge in [-0.15, -0.1) is 0 Å². The summed E-state index contributed by atoms with van der Waals surface area (Å²) in [7, 11) is 0. The van der Waals surface area contributed by atoms with E-state index in [1.807, 2.05) is 12.1 Å². The second-order valence-corrected chi connectivity index (χ2v) is 2.76. The highest BCUT2D eigenvalue weighted by molar-refractivity contribution is 14.1. The van der Waals surface area contributed by atoms with Crippen LogP contribution < -0.4 is 5.32 Å². The summed E-state index contributed by atoms with van der Waals surface area (Å²) in [5, 5.41) is 2.48. The number of aromatic nitrogens is 1. The normalized spacial score (nSPS) is 8.90. The van der Waals surface area contributed by atoms with Gasteiger partial charge in [-0.2, -0.15) is 0 Å². The molecule has 10 heavy (non-hydrogen) atoms. The van der Waals surface area contributed by atoms with E-state index in [0.29, 0.717) is 12.2 Å². The third kappa shape index (κ3) is 1.66. The van der Waals surface area contributed by atoms with E-state index in [-0.39, 0.29) is 0 Å². The number of carbonyl (C=O) groups is 1. The predicted molar refractivity (Wildman–Crippen MR) is 46.6 cm³/mol. The van der Waals surface area contributed by atoms with Crippen molar-refractivity contribution < 1.29 is 4.79 Å². The number of pyridine rings is 1. The Bertz CT molecular complexity index is 239. The molecular formula is C6H5IN2O. The number of nitrogens with zero attached hydrogens (tertiary/aromatic N) is 1. The monoisotopic (exact) mass is 248 g/mol. The van der Waals surface area contributed by atoms with Crippen LogP contribution >= 0.6 is 22.6 Å². The topological polar surface area (TPSA) is 42.0 Å². The summed E-state index contributed by atoms with van der Waals surface area (Å²) in [4.78, 5) is 13.9. The summed E-state index contributed by atoms with van der Waals surface area (Å²) in [6.45, 7) is 0. The molecule has 0 radical (unpaired) electrons. The lowest BCUT2D eigenvalue weighted by Crippen LogP contribution is -1.98. The SMILES string of the molecule is O=CNc1ncccc1I. The van der Waals surface area contributed by atoms with Crippen LogP contribution in [0.3, 0.4) is 0 Å². The Morgan fingerprint density at radius 2 is 2.50 bits per heavy atom. The van der Waals surface area contributed by atoms with E-state index < -0.39 is 0 Å². The Morgan fingerprint density at radius 1 is 1.70 bits per heavy atom. The number of halogens is 1. The molecule has 0 spiro atoms. The molecule has 1 heterocycles. The van der Waals surface area contributed by atoms with Gasteiger partial charge >= 0.3 is 0 Å². The van der Waals surface area contributed by atoms with E-state index in [0.717, 1.165) is 3.57 Å². The molecule has 52 valence electrons. The van der Waals surface area contributed by atoms with Crippen LogP contribution in [0.1, 0.15) is 0 Å². The lowest BCUT2D eigenvalue weighted by Gasteiger charge is -1.97. The molecule has 1 amide bonds. The molecule has 0 saturated heterocycles. The van der Waals surface area contributed by atoms with Crippen molar-refractivity contribution in [3.63, 3.8) is 0 Å². The molecule has 0 aliphatic heterocycles. The van der Waals surface area contributed by atoms with Crippen molar-refractivity contribution in [2.24, 2.45) is 0 Å². The summed E-state index contributed by atoms with van der Waals surface area (Å²) in [6, 6.07) is 3.69. The van der Waals surface area contributed by atoms with Crippen LogP contribution in [0.15, 0.2) is 18.3 Å². The molecule has 0 bridgehead atoms. The average Bonchev–Trinajstić information content (AvgIpc) is 1.94. The van der Waals surface area contributed by atoms with Crippen LogP contribution in [0.5, 0.6) is 0 Å². The third-order valence-electron chi connectivity index (χ3n) is 0.954. The van der Waals surface area contributed by atoms with Crippen molar-refractivity contribution in [2.75, 3.05) is 5.32 Å². The summed E-state index contributed by atoms with van der Waals surface area (Å²) in [5.41, 5.74) is 0. The Kier molecular flexibility index (Phi) is 2.61. The van der Waals surface area contributed by atoms with Crippen molar-refractivity contribution in [3.8, 4) is 0 Å². The number of hydrogen-bond acceptors (Lipinski definition) is 2. The molecule has 3 nitrogen and oxygen atoms in total. The first-order valence-electron chi connectivity index (χ1n) is 2.65. The molecular weight excluding hydrogens is 243 g/mol. The van der Waals surface area contributed by atoms with E-state index in [1.54, 1.807) is 6.20 Å². The minimum absolute atomic E-state index is 0.609. The van der Waals surface area contributed by atoms with Crippen LogP contribution in [-0.4, -0.2) is 11.4 Å². The van der Waals surface area contributed by atoms with Gasteiger partial charge in [0, 0.05) is 6.20 Å². The number of rotatable bonds is 2. The third-order valence-corrected chi connectivity index (χ3v) is 1.82. The molecule has 4 heteroatoms. The zero-order chi connectivity index (χ0) is 7.40. The standard InChI is InChI=1S/C6H5IN2O/c7-5-2-1-3-8-6(5)9-4-10/h1-4H,(H,8,9,10). The van der Waals surface area contributed by atoms with Crippen molar-refractivity contribution >= 4 is 34.8 Å². The van der Waals surface area contributed by atoms with Gasteiger partial charge in [0.05, 0.1) is 3.57 Å². The van der Waals surface area contributed by atoms with E-state index in [4.69, 9.17) is 0 Å².